The molecule has 0 amide bonds. The average molecular weight is 278 g/mol. The molecule has 0 aliphatic heterocycles. The molecule has 2 rings (SSSR count). The summed E-state index contributed by atoms with van der Waals surface area (Å²) in [6.07, 6.45) is 6.09. The molecule has 5 nitrogen and oxygen atoms in total. The summed E-state index contributed by atoms with van der Waals surface area (Å²) >= 11 is 0. The number of aromatic nitrogens is 2. The van der Waals surface area contributed by atoms with Crippen molar-refractivity contribution in [1.29, 1.82) is 0 Å². The van der Waals surface area contributed by atoms with Gasteiger partial charge in [0.15, 0.2) is 5.82 Å². The fraction of sp³-hybridized carbons (Fsp3) is 0.733. The Morgan fingerprint density at radius 2 is 1.95 bits per heavy atom. The van der Waals surface area contributed by atoms with Gasteiger partial charge < -0.3 is 15.8 Å². The maximum absolute atomic E-state index is 6.10. The predicted molar refractivity (Wildman–Crippen MR) is 81.8 cm³/mol. The van der Waals surface area contributed by atoms with E-state index in [0.29, 0.717) is 30.0 Å². The van der Waals surface area contributed by atoms with Crippen molar-refractivity contribution in [1.82, 2.24) is 9.97 Å². The van der Waals surface area contributed by atoms with Crippen LogP contribution in [0.15, 0.2) is 6.33 Å². The highest BCUT2D eigenvalue weighted by Gasteiger charge is 2.25. The van der Waals surface area contributed by atoms with Crippen molar-refractivity contribution in [3.8, 4) is 5.88 Å². The molecule has 0 radical (unpaired) electrons. The summed E-state index contributed by atoms with van der Waals surface area (Å²) in [5, 5.41) is 3.47. The highest BCUT2D eigenvalue weighted by molar-refractivity contribution is 5.66. The molecule has 1 aromatic rings. The number of nitrogens with one attached hydrogen (secondary N) is 1. The quantitative estimate of drug-likeness (QED) is 0.866. The van der Waals surface area contributed by atoms with E-state index < -0.39 is 0 Å². The van der Waals surface area contributed by atoms with Crippen LogP contribution < -0.4 is 15.8 Å². The Kier molecular flexibility index (Phi) is 5.04. The Morgan fingerprint density at radius 3 is 2.60 bits per heavy atom. The molecule has 1 aliphatic rings. The number of nitrogen functional groups attached to an aromatic ring is 1. The zero-order valence-electron chi connectivity index (χ0n) is 12.7. The van der Waals surface area contributed by atoms with Crippen molar-refractivity contribution in [2.75, 3.05) is 17.7 Å². The fourth-order valence-corrected chi connectivity index (χ4v) is 3.07. The minimum absolute atomic E-state index is 0.435. The van der Waals surface area contributed by atoms with Gasteiger partial charge in [0, 0.05) is 6.04 Å². The van der Waals surface area contributed by atoms with Gasteiger partial charge in [-0.25, -0.2) is 4.98 Å². The second-order valence-electron chi connectivity index (χ2n) is 6.05. The van der Waals surface area contributed by atoms with Gasteiger partial charge in [0.1, 0.15) is 12.0 Å². The summed E-state index contributed by atoms with van der Waals surface area (Å²) in [5.74, 6) is 2.68. The monoisotopic (exact) mass is 278 g/mol. The van der Waals surface area contributed by atoms with E-state index in [1.54, 1.807) is 0 Å². The molecule has 1 fully saturated rings. The SMILES string of the molecule is CCCOc1ncnc(NC2CC(C)CC(C)C2)c1N. The number of anilines is 2. The van der Waals surface area contributed by atoms with Crippen LogP contribution in [-0.4, -0.2) is 22.6 Å². The van der Waals surface area contributed by atoms with Crippen molar-refractivity contribution in [3.05, 3.63) is 6.33 Å². The highest BCUT2D eigenvalue weighted by Crippen LogP contribution is 2.32. The van der Waals surface area contributed by atoms with Crippen LogP contribution in [0, 0.1) is 11.8 Å². The smallest absolute Gasteiger partial charge is 0.242 e. The van der Waals surface area contributed by atoms with Gasteiger partial charge in [-0.1, -0.05) is 20.8 Å². The molecule has 0 bridgehead atoms. The summed E-state index contributed by atoms with van der Waals surface area (Å²) in [6.45, 7) is 7.30. The van der Waals surface area contributed by atoms with Crippen LogP contribution in [-0.2, 0) is 0 Å². The Labute approximate surface area is 121 Å². The normalized spacial score (nSPS) is 26.2. The van der Waals surface area contributed by atoms with Crippen LogP contribution in [0.4, 0.5) is 11.5 Å². The predicted octanol–water partition coefficient (Wildman–Crippen LogP) is 3.08. The first-order chi connectivity index (χ1) is 9.60. The first kappa shape index (κ1) is 14.9. The average Bonchev–Trinajstić information content (AvgIpc) is 2.38. The Hall–Kier alpha value is -1.52. The molecule has 3 N–H and O–H groups in total. The number of rotatable bonds is 5. The lowest BCUT2D eigenvalue weighted by Gasteiger charge is -2.32. The molecule has 5 heteroatoms. The van der Waals surface area contributed by atoms with Crippen LogP contribution in [0.1, 0.15) is 46.5 Å². The molecule has 2 unspecified atom stereocenters. The summed E-state index contributed by atoms with van der Waals surface area (Å²) in [5.41, 5.74) is 6.62. The second-order valence-corrected chi connectivity index (χ2v) is 6.05. The Morgan fingerprint density at radius 1 is 1.25 bits per heavy atom. The standard InChI is InChI=1S/C15H26N4O/c1-4-5-20-15-13(16)14(17-9-18-15)19-12-7-10(2)6-11(3)8-12/h9-12H,4-8,16H2,1-3H3,(H,17,18,19). The molecule has 1 aliphatic carbocycles. The van der Waals surface area contributed by atoms with E-state index in [1.807, 2.05) is 0 Å². The molecular formula is C15H26N4O. The first-order valence-corrected chi connectivity index (χ1v) is 7.60. The van der Waals surface area contributed by atoms with Gasteiger partial charge in [0.05, 0.1) is 6.61 Å². The molecule has 1 saturated carbocycles. The molecule has 1 aromatic heterocycles. The maximum Gasteiger partial charge on any atom is 0.242 e. The zero-order chi connectivity index (χ0) is 14.5. The first-order valence-electron chi connectivity index (χ1n) is 7.60. The number of hydrogen-bond acceptors (Lipinski definition) is 5. The number of ether oxygens (including phenoxy) is 1. The van der Waals surface area contributed by atoms with Crippen molar-refractivity contribution in [2.45, 2.75) is 52.5 Å². The lowest BCUT2D eigenvalue weighted by Crippen LogP contribution is -2.30. The van der Waals surface area contributed by atoms with E-state index in [4.69, 9.17) is 10.5 Å². The molecule has 1 heterocycles. The molecule has 2 atom stereocenters. The third-order valence-corrected chi connectivity index (χ3v) is 3.81. The third kappa shape index (κ3) is 3.74. The van der Waals surface area contributed by atoms with Gasteiger partial charge >= 0.3 is 0 Å². The van der Waals surface area contributed by atoms with E-state index in [-0.39, 0.29) is 0 Å². The van der Waals surface area contributed by atoms with E-state index in [2.05, 4.69) is 36.1 Å². The minimum Gasteiger partial charge on any atom is -0.476 e. The Bertz CT molecular complexity index is 428. The van der Waals surface area contributed by atoms with E-state index in [0.717, 1.165) is 18.3 Å². The van der Waals surface area contributed by atoms with Crippen LogP contribution in [0.2, 0.25) is 0 Å². The van der Waals surface area contributed by atoms with E-state index in [9.17, 15) is 0 Å². The van der Waals surface area contributed by atoms with Crippen LogP contribution >= 0.6 is 0 Å². The van der Waals surface area contributed by atoms with Gasteiger partial charge in [-0.3, -0.25) is 0 Å². The Balaban J connectivity index is 2.05. The lowest BCUT2D eigenvalue weighted by atomic mass is 9.80. The van der Waals surface area contributed by atoms with Crippen molar-refractivity contribution in [3.63, 3.8) is 0 Å². The number of hydrogen-bond donors (Lipinski definition) is 2. The van der Waals surface area contributed by atoms with Crippen molar-refractivity contribution >= 4 is 11.5 Å². The summed E-state index contributed by atoms with van der Waals surface area (Å²) < 4.78 is 5.54. The topological polar surface area (TPSA) is 73.1 Å². The summed E-state index contributed by atoms with van der Waals surface area (Å²) in [4.78, 5) is 8.37. The van der Waals surface area contributed by atoms with Crippen LogP contribution in [0.25, 0.3) is 0 Å². The summed E-state index contributed by atoms with van der Waals surface area (Å²) in [6, 6.07) is 0.435. The zero-order valence-corrected chi connectivity index (χ0v) is 12.7. The molecule has 0 aromatic carbocycles. The molecule has 0 saturated heterocycles. The maximum atomic E-state index is 6.10. The molecular weight excluding hydrogens is 252 g/mol. The molecule has 20 heavy (non-hydrogen) atoms. The van der Waals surface area contributed by atoms with Crippen LogP contribution in [0.5, 0.6) is 5.88 Å². The minimum atomic E-state index is 0.435. The third-order valence-electron chi connectivity index (χ3n) is 3.81. The van der Waals surface area contributed by atoms with Gasteiger partial charge in [-0.2, -0.15) is 4.98 Å². The number of nitrogens with two attached hydrogens (primary N) is 1. The van der Waals surface area contributed by atoms with Crippen LogP contribution in [0.3, 0.4) is 0 Å². The fourth-order valence-electron chi connectivity index (χ4n) is 3.07. The van der Waals surface area contributed by atoms with Gasteiger partial charge in [-0.15, -0.1) is 0 Å². The molecule has 0 spiro atoms. The highest BCUT2D eigenvalue weighted by atomic mass is 16.5. The van der Waals surface area contributed by atoms with E-state index in [1.165, 1.54) is 25.6 Å². The van der Waals surface area contributed by atoms with Crippen molar-refractivity contribution < 1.29 is 4.74 Å². The molecule has 112 valence electrons. The number of nitrogens with zero attached hydrogens (tertiary/aromatic N) is 2. The van der Waals surface area contributed by atoms with Gasteiger partial charge in [0.2, 0.25) is 5.88 Å². The van der Waals surface area contributed by atoms with Crippen molar-refractivity contribution in [2.24, 2.45) is 11.8 Å². The largest absolute Gasteiger partial charge is 0.476 e. The second kappa shape index (κ2) is 6.77. The summed E-state index contributed by atoms with van der Waals surface area (Å²) in [7, 11) is 0. The lowest BCUT2D eigenvalue weighted by molar-refractivity contribution is 0.280. The van der Waals surface area contributed by atoms with Gasteiger partial charge in [0.25, 0.3) is 0 Å². The van der Waals surface area contributed by atoms with E-state index >= 15 is 0 Å². The van der Waals surface area contributed by atoms with Gasteiger partial charge in [-0.05, 0) is 37.5 Å².